The van der Waals surface area contributed by atoms with Gasteiger partial charge in [0.2, 0.25) is 0 Å². The Hall–Kier alpha value is -1.17. The molecular formula is C17H27N3OS. The molecule has 1 fully saturated rings. The Morgan fingerprint density at radius 1 is 1.27 bits per heavy atom. The van der Waals surface area contributed by atoms with E-state index in [1.807, 2.05) is 0 Å². The monoisotopic (exact) mass is 321 g/mol. The van der Waals surface area contributed by atoms with Crippen LogP contribution in [0.5, 0.6) is 0 Å². The highest BCUT2D eigenvalue weighted by atomic mass is 32.1. The van der Waals surface area contributed by atoms with Crippen LogP contribution >= 0.6 is 12.2 Å². The van der Waals surface area contributed by atoms with Crippen LogP contribution in [0.15, 0.2) is 24.3 Å². The van der Waals surface area contributed by atoms with Crippen LogP contribution < -0.4 is 10.6 Å². The first-order chi connectivity index (χ1) is 10.7. The summed E-state index contributed by atoms with van der Waals surface area (Å²) < 4.78 is 5.34. The van der Waals surface area contributed by atoms with Crippen molar-refractivity contribution in [2.75, 3.05) is 44.7 Å². The Bertz CT molecular complexity index is 457. The number of hydrogen-bond acceptors (Lipinski definition) is 3. The van der Waals surface area contributed by atoms with Gasteiger partial charge in [0.1, 0.15) is 0 Å². The fraction of sp³-hybridized carbons (Fsp3) is 0.588. The molecule has 1 aliphatic rings. The maximum atomic E-state index is 5.34. The van der Waals surface area contributed by atoms with Gasteiger partial charge in [-0.2, -0.15) is 0 Å². The number of nitrogens with one attached hydrogen (secondary N) is 2. The third-order valence-corrected chi connectivity index (χ3v) is 4.41. The molecule has 0 aromatic heterocycles. The molecule has 1 aromatic rings. The second kappa shape index (κ2) is 9.08. The standard InChI is InChI=1S/C17H27N3OS/c1-3-14(2)15-4-6-16(7-5-15)19-17(22)18-8-9-20-10-12-21-13-11-20/h4-7,14H,3,8-13H2,1-2H3,(H2,18,19,22)/t14-/m0/s1. The van der Waals surface area contributed by atoms with Crippen LogP contribution in [0.3, 0.4) is 0 Å². The van der Waals surface area contributed by atoms with Gasteiger partial charge in [-0.05, 0) is 42.3 Å². The normalized spacial score (nSPS) is 17.0. The molecule has 0 saturated carbocycles. The Morgan fingerprint density at radius 2 is 1.95 bits per heavy atom. The van der Waals surface area contributed by atoms with E-state index >= 15 is 0 Å². The number of ether oxygens (including phenoxy) is 1. The summed E-state index contributed by atoms with van der Waals surface area (Å²) in [6.45, 7) is 10.0. The first-order valence-electron chi connectivity index (χ1n) is 8.14. The van der Waals surface area contributed by atoms with Gasteiger partial charge < -0.3 is 15.4 Å². The van der Waals surface area contributed by atoms with E-state index in [1.165, 1.54) is 5.56 Å². The first-order valence-corrected chi connectivity index (χ1v) is 8.54. The van der Waals surface area contributed by atoms with Gasteiger partial charge in [-0.25, -0.2) is 0 Å². The second-order valence-electron chi connectivity index (χ2n) is 5.77. The molecule has 2 rings (SSSR count). The Labute approximate surface area is 139 Å². The van der Waals surface area contributed by atoms with Crippen LogP contribution in [-0.4, -0.2) is 49.4 Å². The van der Waals surface area contributed by atoms with Gasteiger partial charge >= 0.3 is 0 Å². The molecule has 0 unspecified atom stereocenters. The minimum absolute atomic E-state index is 0.604. The number of nitrogens with zero attached hydrogens (tertiary/aromatic N) is 1. The van der Waals surface area contributed by atoms with Gasteiger partial charge in [0.15, 0.2) is 5.11 Å². The summed E-state index contributed by atoms with van der Waals surface area (Å²) in [6.07, 6.45) is 1.16. The van der Waals surface area contributed by atoms with Crippen molar-refractivity contribution in [3.8, 4) is 0 Å². The lowest BCUT2D eigenvalue weighted by Crippen LogP contribution is -2.42. The van der Waals surface area contributed by atoms with Crippen LogP contribution in [0.1, 0.15) is 31.7 Å². The lowest BCUT2D eigenvalue weighted by molar-refractivity contribution is 0.0389. The molecule has 1 atom stereocenters. The van der Waals surface area contributed by atoms with Crippen molar-refractivity contribution < 1.29 is 4.74 Å². The smallest absolute Gasteiger partial charge is 0.170 e. The van der Waals surface area contributed by atoms with Gasteiger partial charge in [-0.1, -0.05) is 26.0 Å². The number of rotatable bonds is 6. The molecule has 4 nitrogen and oxygen atoms in total. The van der Waals surface area contributed by atoms with Gasteiger partial charge in [-0.3, -0.25) is 4.90 Å². The lowest BCUT2D eigenvalue weighted by atomic mass is 9.99. The number of hydrogen-bond donors (Lipinski definition) is 2. The minimum atomic E-state index is 0.604. The van der Waals surface area contributed by atoms with E-state index in [4.69, 9.17) is 17.0 Å². The predicted molar refractivity (Wildman–Crippen MR) is 96.6 cm³/mol. The highest BCUT2D eigenvalue weighted by molar-refractivity contribution is 7.80. The predicted octanol–water partition coefficient (Wildman–Crippen LogP) is 2.82. The summed E-state index contributed by atoms with van der Waals surface area (Å²) >= 11 is 5.34. The van der Waals surface area contributed by atoms with Crippen LogP contribution in [0, 0.1) is 0 Å². The largest absolute Gasteiger partial charge is 0.379 e. The van der Waals surface area contributed by atoms with Crippen LogP contribution in [0.2, 0.25) is 0 Å². The quantitative estimate of drug-likeness (QED) is 0.788. The molecule has 122 valence electrons. The topological polar surface area (TPSA) is 36.5 Å². The fourth-order valence-corrected chi connectivity index (χ4v) is 2.68. The highest BCUT2D eigenvalue weighted by Gasteiger charge is 2.09. The van der Waals surface area contributed by atoms with Crippen LogP contribution in [-0.2, 0) is 4.74 Å². The molecule has 1 aliphatic heterocycles. The fourth-order valence-electron chi connectivity index (χ4n) is 2.46. The molecule has 0 spiro atoms. The summed E-state index contributed by atoms with van der Waals surface area (Å²) in [6, 6.07) is 8.54. The van der Waals surface area contributed by atoms with Crippen molar-refractivity contribution >= 4 is 23.0 Å². The van der Waals surface area contributed by atoms with Crippen molar-refractivity contribution in [3.05, 3.63) is 29.8 Å². The zero-order valence-corrected chi connectivity index (χ0v) is 14.4. The molecule has 0 amide bonds. The molecule has 0 bridgehead atoms. The van der Waals surface area contributed by atoms with E-state index in [2.05, 4.69) is 53.6 Å². The van der Waals surface area contributed by atoms with E-state index in [9.17, 15) is 0 Å². The lowest BCUT2D eigenvalue weighted by Gasteiger charge is -2.26. The van der Waals surface area contributed by atoms with Crippen molar-refractivity contribution in [1.82, 2.24) is 10.2 Å². The maximum Gasteiger partial charge on any atom is 0.170 e. The van der Waals surface area contributed by atoms with Gasteiger partial charge in [0, 0.05) is 31.9 Å². The van der Waals surface area contributed by atoms with Gasteiger partial charge in [-0.15, -0.1) is 0 Å². The SMILES string of the molecule is CC[C@H](C)c1ccc(NC(=S)NCCN2CCOCC2)cc1. The van der Waals surface area contributed by atoms with Crippen molar-refractivity contribution in [2.45, 2.75) is 26.2 Å². The number of anilines is 1. The first kappa shape index (κ1) is 17.2. The summed E-state index contributed by atoms with van der Waals surface area (Å²) in [5.74, 6) is 0.604. The molecule has 0 aliphatic carbocycles. The van der Waals surface area contributed by atoms with Gasteiger partial charge in [0.05, 0.1) is 13.2 Å². The zero-order chi connectivity index (χ0) is 15.8. The second-order valence-corrected chi connectivity index (χ2v) is 6.17. The molecule has 1 saturated heterocycles. The highest BCUT2D eigenvalue weighted by Crippen LogP contribution is 2.20. The minimum Gasteiger partial charge on any atom is -0.379 e. The summed E-state index contributed by atoms with van der Waals surface area (Å²) in [7, 11) is 0. The summed E-state index contributed by atoms with van der Waals surface area (Å²) in [5, 5.41) is 7.19. The number of morpholine rings is 1. The Morgan fingerprint density at radius 3 is 2.59 bits per heavy atom. The molecule has 1 aromatic carbocycles. The third kappa shape index (κ3) is 5.55. The third-order valence-electron chi connectivity index (χ3n) is 4.17. The van der Waals surface area contributed by atoms with Gasteiger partial charge in [0.25, 0.3) is 0 Å². The maximum absolute atomic E-state index is 5.34. The molecule has 2 N–H and O–H groups in total. The average Bonchev–Trinajstić information content (AvgIpc) is 2.56. The van der Waals surface area contributed by atoms with E-state index < -0.39 is 0 Å². The molecule has 5 heteroatoms. The zero-order valence-electron chi connectivity index (χ0n) is 13.6. The molecular weight excluding hydrogens is 294 g/mol. The van der Waals surface area contributed by atoms with E-state index in [1.54, 1.807) is 0 Å². The Kier molecular flexibility index (Phi) is 7.09. The molecule has 1 heterocycles. The number of thiocarbonyl (C=S) groups is 1. The number of benzene rings is 1. The summed E-state index contributed by atoms with van der Waals surface area (Å²) in [4.78, 5) is 2.39. The van der Waals surface area contributed by atoms with E-state index in [-0.39, 0.29) is 0 Å². The van der Waals surface area contributed by atoms with Crippen molar-refractivity contribution in [3.63, 3.8) is 0 Å². The van der Waals surface area contributed by atoms with Crippen LogP contribution in [0.4, 0.5) is 5.69 Å². The molecule has 0 radical (unpaired) electrons. The molecule has 22 heavy (non-hydrogen) atoms. The average molecular weight is 321 g/mol. The van der Waals surface area contributed by atoms with Crippen molar-refractivity contribution in [2.24, 2.45) is 0 Å². The van der Waals surface area contributed by atoms with Crippen LogP contribution in [0.25, 0.3) is 0 Å². The summed E-state index contributed by atoms with van der Waals surface area (Å²) in [5.41, 5.74) is 2.41. The van der Waals surface area contributed by atoms with E-state index in [0.29, 0.717) is 11.0 Å². The van der Waals surface area contributed by atoms with E-state index in [0.717, 1.165) is 51.5 Å². The van der Waals surface area contributed by atoms with Crippen molar-refractivity contribution in [1.29, 1.82) is 0 Å². The Balaban J connectivity index is 1.70.